The fraction of sp³-hybridized carbons (Fsp3) is 0.278. The van der Waals surface area contributed by atoms with E-state index in [0.717, 1.165) is 35.7 Å². The number of amides is 1. The van der Waals surface area contributed by atoms with Gasteiger partial charge in [0.25, 0.3) is 5.91 Å². The van der Waals surface area contributed by atoms with Crippen LogP contribution in [0.4, 0.5) is 5.69 Å². The summed E-state index contributed by atoms with van der Waals surface area (Å²) >= 11 is 0. The van der Waals surface area contributed by atoms with Crippen molar-refractivity contribution in [2.75, 3.05) is 25.1 Å². The van der Waals surface area contributed by atoms with E-state index in [-0.39, 0.29) is 5.91 Å². The van der Waals surface area contributed by atoms with Crippen LogP contribution < -0.4 is 20.1 Å². The number of benzene rings is 2. The second-order valence-electron chi connectivity index (χ2n) is 5.71. The van der Waals surface area contributed by atoms with Crippen LogP contribution in [0.15, 0.2) is 36.4 Å². The fourth-order valence-corrected chi connectivity index (χ4v) is 2.93. The average Bonchev–Trinajstić information content (AvgIpc) is 3.07. The summed E-state index contributed by atoms with van der Waals surface area (Å²) in [5, 5.41) is 6.25. The summed E-state index contributed by atoms with van der Waals surface area (Å²) in [5.74, 6) is 1.44. The summed E-state index contributed by atoms with van der Waals surface area (Å²) in [4.78, 5) is 12.3. The zero-order valence-electron chi connectivity index (χ0n) is 12.7. The molecule has 2 heterocycles. The van der Waals surface area contributed by atoms with Crippen molar-refractivity contribution in [3.05, 3.63) is 53.1 Å². The van der Waals surface area contributed by atoms with Gasteiger partial charge >= 0.3 is 0 Å². The maximum absolute atomic E-state index is 12.3. The molecule has 0 bridgehead atoms. The van der Waals surface area contributed by atoms with Crippen molar-refractivity contribution in [3.8, 4) is 11.5 Å². The first kappa shape index (κ1) is 13.9. The molecule has 2 aromatic rings. The standard InChI is InChI=1S/C18H18N2O3/c21-18(14-2-3-15-13(10-14)5-6-19-15)20-11-12-1-4-16-17(9-12)23-8-7-22-16/h1-4,9-10,19H,5-8,11H2,(H,20,21). The number of nitrogens with one attached hydrogen (secondary N) is 2. The van der Waals surface area contributed by atoms with E-state index in [9.17, 15) is 4.79 Å². The topological polar surface area (TPSA) is 59.6 Å². The Labute approximate surface area is 134 Å². The number of ether oxygens (including phenoxy) is 2. The zero-order valence-corrected chi connectivity index (χ0v) is 12.7. The monoisotopic (exact) mass is 310 g/mol. The summed E-state index contributed by atoms with van der Waals surface area (Å²) in [6, 6.07) is 11.5. The number of fused-ring (bicyclic) bond motifs is 2. The van der Waals surface area contributed by atoms with E-state index in [1.165, 1.54) is 5.56 Å². The third kappa shape index (κ3) is 2.82. The lowest BCUT2D eigenvalue weighted by atomic mass is 10.1. The van der Waals surface area contributed by atoms with Crippen molar-refractivity contribution in [2.45, 2.75) is 13.0 Å². The van der Waals surface area contributed by atoms with Crippen molar-refractivity contribution in [3.63, 3.8) is 0 Å². The number of hydrogen-bond acceptors (Lipinski definition) is 4. The highest BCUT2D eigenvalue weighted by Crippen LogP contribution is 2.30. The molecule has 0 atom stereocenters. The highest BCUT2D eigenvalue weighted by atomic mass is 16.6. The number of carbonyl (C=O) groups is 1. The fourth-order valence-electron chi connectivity index (χ4n) is 2.93. The molecule has 0 spiro atoms. The Kier molecular flexibility index (Phi) is 3.54. The molecule has 23 heavy (non-hydrogen) atoms. The summed E-state index contributed by atoms with van der Waals surface area (Å²) in [7, 11) is 0. The molecule has 5 heteroatoms. The first-order chi connectivity index (χ1) is 11.3. The van der Waals surface area contributed by atoms with Crippen LogP contribution in [-0.2, 0) is 13.0 Å². The van der Waals surface area contributed by atoms with Crippen LogP contribution in [0.5, 0.6) is 11.5 Å². The van der Waals surface area contributed by atoms with Crippen LogP contribution in [0.25, 0.3) is 0 Å². The predicted molar refractivity (Wildman–Crippen MR) is 87.2 cm³/mol. The third-order valence-electron chi connectivity index (χ3n) is 4.14. The molecule has 2 aliphatic heterocycles. The van der Waals surface area contributed by atoms with E-state index in [2.05, 4.69) is 10.6 Å². The van der Waals surface area contributed by atoms with Gasteiger partial charge in [-0.3, -0.25) is 4.79 Å². The van der Waals surface area contributed by atoms with E-state index in [1.807, 2.05) is 36.4 Å². The largest absolute Gasteiger partial charge is 0.486 e. The molecule has 1 amide bonds. The molecule has 118 valence electrons. The number of carbonyl (C=O) groups excluding carboxylic acids is 1. The van der Waals surface area contributed by atoms with Gasteiger partial charge in [-0.2, -0.15) is 0 Å². The average molecular weight is 310 g/mol. The van der Waals surface area contributed by atoms with Gasteiger partial charge in [-0.15, -0.1) is 0 Å². The van der Waals surface area contributed by atoms with Crippen molar-refractivity contribution < 1.29 is 14.3 Å². The Morgan fingerprint density at radius 1 is 1.09 bits per heavy atom. The molecule has 0 fully saturated rings. The molecule has 4 rings (SSSR count). The first-order valence-corrected chi connectivity index (χ1v) is 7.83. The molecule has 2 aliphatic rings. The van der Waals surface area contributed by atoms with Gasteiger partial charge in [0.1, 0.15) is 13.2 Å². The van der Waals surface area contributed by atoms with E-state index >= 15 is 0 Å². The third-order valence-corrected chi connectivity index (χ3v) is 4.14. The Morgan fingerprint density at radius 2 is 1.96 bits per heavy atom. The predicted octanol–water partition coefficient (Wildman–Crippen LogP) is 2.36. The zero-order chi connectivity index (χ0) is 15.6. The Morgan fingerprint density at radius 3 is 2.87 bits per heavy atom. The van der Waals surface area contributed by atoms with Crippen molar-refractivity contribution in [1.82, 2.24) is 5.32 Å². The first-order valence-electron chi connectivity index (χ1n) is 7.83. The van der Waals surface area contributed by atoms with Gasteiger partial charge in [-0.25, -0.2) is 0 Å². The number of hydrogen-bond donors (Lipinski definition) is 2. The molecule has 0 unspecified atom stereocenters. The van der Waals surface area contributed by atoms with E-state index in [1.54, 1.807) is 0 Å². The molecule has 0 radical (unpaired) electrons. The Bertz CT molecular complexity index is 758. The summed E-state index contributed by atoms with van der Waals surface area (Å²) in [6.45, 7) is 2.55. The summed E-state index contributed by atoms with van der Waals surface area (Å²) < 4.78 is 11.1. The van der Waals surface area contributed by atoms with E-state index in [4.69, 9.17) is 9.47 Å². The van der Waals surface area contributed by atoms with Gasteiger partial charge in [-0.1, -0.05) is 6.07 Å². The molecule has 0 saturated carbocycles. The van der Waals surface area contributed by atoms with Gasteiger partial charge in [0.15, 0.2) is 11.5 Å². The van der Waals surface area contributed by atoms with Gasteiger partial charge in [-0.05, 0) is 47.9 Å². The number of anilines is 1. The molecule has 2 N–H and O–H groups in total. The molecule has 5 nitrogen and oxygen atoms in total. The lowest BCUT2D eigenvalue weighted by Crippen LogP contribution is -2.23. The van der Waals surface area contributed by atoms with Crippen LogP contribution in [0, 0.1) is 0 Å². The van der Waals surface area contributed by atoms with Gasteiger partial charge < -0.3 is 20.1 Å². The normalized spacial score (nSPS) is 14.8. The minimum absolute atomic E-state index is 0.0606. The quantitative estimate of drug-likeness (QED) is 0.914. The smallest absolute Gasteiger partial charge is 0.251 e. The molecule has 0 saturated heterocycles. The van der Waals surface area contributed by atoms with Gasteiger partial charge in [0.05, 0.1) is 0 Å². The SMILES string of the molecule is O=C(NCc1ccc2c(c1)OCCO2)c1ccc2c(c1)CCN2. The Balaban J connectivity index is 1.43. The molecule has 2 aromatic carbocycles. The Hall–Kier alpha value is -2.69. The van der Waals surface area contributed by atoms with Crippen LogP contribution in [-0.4, -0.2) is 25.7 Å². The molecular weight excluding hydrogens is 292 g/mol. The van der Waals surface area contributed by atoms with Gasteiger partial charge in [0, 0.05) is 24.3 Å². The van der Waals surface area contributed by atoms with Crippen LogP contribution in [0.1, 0.15) is 21.5 Å². The minimum atomic E-state index is -0.0606. The van der Waals surface area contributed by atoms with Crippen LogP contribution in [0.3, 0.4) is 0 Å². The highest BCUT2D eigenvalue weighted by Gasteiger charge is 2.14. The molecule has 0 aliphatic carbocycles. The van der Waals surface area contributed by atoms with Crippen molar-refractivity contribution >= 4 is 11.6 Å². The van der Waals surface area contributed by atoms with E-state index in [0.29, 0.717) is 25.3 Å². The maximum Gasteiger partial charge on any atom is 0.251 e. The lowest BCUT2D eigenvalue weighted by molar-refractivity contribution is 0.0950. The highest BCUT2D eigenvalue weighted by molar-refractivity contribution is 5.95. The van der Waals surface area contributed by atoms with Crippen molar-refractivity contribution in [2.24, 2.45) is 0 Å². The molecular formula is C18H18N2O3. The van der Waals surface area contributed by atoms with E-state index < -0.39 is 0 Å². The van der Waals surface area contributed by atoms with Crippen molar-refractivity contribution in [1.29, 1.82) is 0 Å². The maximum atomic E-state index is 12.3. The summed E-state index contributed by atoms with van der Waals surface area (Å²) in [6.07, 6.45) is 0.971. The van der Waals surface area contributed by atoms with Gasteiger partial charge in [0.2, 0.25) is 0 Å². The van der Waals surface area contributed by atoms with Crippen LogP contribution >= 0.6 is 0 Å². The molecule has 0 aromatic heterocycles. The number of rotatable bonds is 3. The van der Waals surface area contributed by atoms with Crippen LogP contribution in [0.2, 0.25) is 0 Å². The second-order valence-corrected chi connectivity index (χ2v) is 5.71. The summed E-state index contributed by atoms with van der Waals surface area (Å²) in [5.41, 5.74) is 4.03. The lowest BCUT2D eigenvalue weighted by Gasteiger charge is -2.19. The minimum Gasteiger partial charge on any atom is -0.486 e. The second kappa shape index (κ2) is 5.83.